The van der Waals surface area contributed by atoms with Gasteiger partial charge in [-0.15, -0.1) is 0 Å². The summed E-state index contributed by atoms with van der Waals surface area (Å²) in [6.07, 6.45) is 1.51. The smallest absolute Gasteiger partial charge is 0.255 e. The van der Waals surface area contributed by atoms with Crippen LogP contribution >= 0.6 is 23.4 Å². The second kappa shape index (κ2) is 6.40. The van der Waals surface area contributed by atoms with Crippen LogP contribution in [0, 0.1) is 0 Å². The van der Waals surface area contributed by atoms with Crippen LogP contribution in [0.2, 0.25) is 5.15 Å². The van der Waals surface area contributed by atoms with E-state index in [1.807, 2.05) is 0 Å². The molecule has 2 heterocycles. The number of carbonyl (C=O) groups is 1. The molecule has 0 aliphatic rings. The Morgan fingerprint density at radius 2 is 2.35 bits per heavy atom. The third-order valence-electron chi connectivity index (χ3n) is 2.08. The second-order valence-electron chi connectivity index (χ2n) is 3.59. The fourth-order valence-corrected chi connectivity index (χ4v) is 2.13. The van der Waals surface area contributed by atoms with Gasteiger partial charge in [0.25, 0.3) is 5.56 Å². The van der Waals surface area contributed by atoms with Gasteiger partial charge in [0.1, 0.15) is 0 Å². The first-order valence-corrected chi connectivity index (χ1v) is 6.74. The van der Waals surface area contributed by atoms with Crippen LogP contribution in [-0.2, 0) is 4.79 Å². The summed E-state index contributed by atoms with van der Waals surface area (Å²) < 4.78 is 0. The van der Waals surface area contributed by atoms with E-state index in [1.165, 1.54) is 6.20 Å². The van der Waals surface area contributed by atoms with E-state index in [2.05, 4.69) is 20.3 Å². The highest BCUT2D eigenvalue weighted by Gasteiger charge is 2.08. The van der Waals surface area contributed by atoms with E-state index >= 15 is 0 Å². The summed E-state index contributed by atoms with van der Waals surface area (Å²) in [5.41, 5.74) is -0.0900. The molecule has 0 aromatic carbocycles. The Balaban J connectivity index is 1.96. The Labute approximate surface area is 122 Å². The molecule has 0 saturated heterocycles. The monoisotopic (exact) mass is 312 g/mol. The first-order chi connectivity index (χ1) is 9.54. The van der Waals surface area contributed by atoms with Crippen molar-refractivity contribution in [3.8, 4) is 5.88 Å². The summed E-state index contributed by atoms with van der Waals surface area (Å²) in [6, 6.07) is 4.20. The van der Waals surface area contributed by atoms with E-state index in [4.69, 9.17) is 16.7 Å². The number of pyridine rings is 1. The Morgan fingerprint density at radius 3 is 3.05 bits per heavy atom. The molecular formula is C11H9ClN4O3S. The lowest BCUT2D eigenvalue weighted by atomic mass is 10.4. The van der Waals surface area contributed by atoms with Gasteiger partial charge in [0.05, 0.1) is 17.5 Å². The average Bonchev–Trinajstić information content (AvgIpc) is 2.38. The number of anilines is 1. The zero-order valence-electron chi connectivity index (χ0n) is 9.96. The third-order valence-corrected chi connectivity index (χ3v) is 3.25. The Bertz CT molecular complexity index is 691. The molecule has 2 rings (SSSR count). The third kappa shape index (κ3) is 3.97. The minimum absolute atomic E-state index is 0.00236. The van der Waals surface area contributed by atoms with Crippen molar-refractivity contribution in [3.05, 3.63) is 39.9 Å². The van der Waals surface area contributed by atoms with E-state index in [0.29, 0.717) is 5.69 Å². The van der Waals surface area contributed by atoms with Crippen molar-refractivity contribution in [1.82, 2.24) is 15.0 Å². The van der Waals surface area contributed by atoms with Crippen LogP contribution in [0.1, 0.15) is 0 Å². The highest BCUT2D eigenvalue weighted by molar-refractivity contribution is 7.99. The maximum absolute atomic E-state index is 11.7. The molecule has 0 aliphatic carbocycles. The van der Waals surface area contributed by atoms with Gasteiger partial charge >= 0.3 is 0 Å². The number of hydrogen-bond donors (Lipinski definition) is 3. The maximum Gasteiger partial charge on any atom is 0.255 e. The predicted molar refractivity (Wildman–Crippen MR) is 75.1 cm³/mol. The number of carbonyl (C=O) groups excluding carboxylic acids is 1. The SMILES string of the molecule is O=C(CSc1nc(O)cc(=O)[nH]1)Nc1cccnc1Cl. The average molecular weight is 313 g/mol. The molecule has 2 aromatic heterocycles. The number of aromatic nitrogens is 3. The zero-order valence-corrected chi connectivity index (χ0v) is 11.5. The molecular weight excluding hydrogens is 304 g/mol. The Kier molecular flexibility index (Phi) is 4.59. The number of halogens is 1. The highest BCUT2D eigenvalue weighted by Crippen LogP contribution is 2.19. The van der Waals surface area contributed by atoms with E-state index < -0.39 is 11.4 Å². The van der Waals surface area contributed by atoms with Crippen LogP contribution in [0.4, 0.5) is 5.69 Å². The van der Waals surface area contributed by atoms with Crippen molar-refractivity contribution in [1.29, 1.82) is 0 Å². The number of nitrogens with one attached hydrogen (secondary N) is 2. The quantitative estimate of drug-likeness (QED) is 0.445. The predicted octanol–water partition coefficient (Wildman–Crippen LogP) is 1.25. The van der Waals surface area contributed by atoms with E-state index in [9.17, 15) is 9.59 Å². The molecule has 0 radical (unpaired) electrons. The van der Waals surface area contributed by atoms with Crippen molar-refractivity contribution < 1.29 is 9.90 Å². The summed E-state index contributed by atoms with van der Waals surface area (Å²) >= 11 is 6.78. The van der Waals surface area contributed by atoms with Crippen LogP contribution in [0.5, 0.6) is 5.88 Å². The van der Waals surface area contributed by atoms with Crippen molar-refractivity contribution in [2.75, 3.05) is 11.1 Å². The fourth-order valence-electron chi connectivity index (χ4n) is 1.29. The Hall–Kier alpha value is -2.06. The van der Waals surface area contributed by atoms with Gasteiger partial charge < -0.3 is 15.4 Å². The number of hydrogen-bond acceptors (Lipinski definition) is 6. The molecule has 0 saturated carbocycles. The molecule has 3 N–H and O–H groups in total. The summed E-state index contributed by atoms with van der Waals surface area (Å²) in [4.78, 5) is 32.7. The van der Waals surface area contributed by atoms with Gasteiger partial charge in [-0.25, -0.2) is 4.98 Å². The summed E-state index contributed by atoms with van der Waals surface area (Å²) in [5, 5.41) is 12.1. The molecule has 20 heavy (non-hydrogen) atoms. The van der Waals surface area contributed by atoms with Crippen molar-refractivity contribution in [3.63, 3.8) is 0 Å². The van der Waals surface area contributed by atoms with E-state index in [0.717, 1.165) is 17.8 Å². The normalized spacial score (nSPS) is 10.2. The zero-order chi connectivity index (χ0) is 14.5. The lowest BCUT2D eigenvalue weighted by molar-refractivity contribution is -0.113. The highest BCUT2D eigenvalue weighted by atomic mass is 35.5. The molecule has 0 aliphatic heterocycles. The summed E-state index contributed by atoms with van der Waals surface area (Å²) in [5.74, 6) is -0.736. The number of aromatic hydroxyl groups is 1. The lowest BCUT2D eigenvalue weighted by Gasteiger charge is -2.05. The molecule has 0 bridgehead atoms. The molecule has 9 heteroatoms. The van der Waals surface area contributed by atoms with Crippen molar-refractivity contribution >= 4 is 35.0 Å². The number of H-pyrrole nitrogens is 1. The topological polar surface area (TPSA) is 108 Å². The van der Waals surface area contributed by atoms with E-state index in [-0.39, 0.29) is 22.0 Å². The van der Waals surface area contributed by atoms with Crippen LogP contribution in [0.25, 0.3) is 0 Å². The van der Waals surface area contributed by atoms with Gasteiger partial charge in [0, 0.05) is 6.20 Å². The fraction of sp³-hybridized carbons (Fsp3) is 0.0909. The molecule has 0 atom stereocenters. The largest absolute Gasteiger partial charge is 0.493 e. The molecule has 104 valence electrons. The number of thioether (sulfide) groups is 1. The van der Waals surface area contributed by atoms with Gasteiger partial charge in [-0.2, -0.15) is 4.98 Å². The number of nitrogens with zero attached hydrogens (tertiary/aromatic N) is 2. The van der Waals surface area contributed by atoms with Gasteiger partial charge in [-0.3, -0.25) is 9.59 Å². The first-order valence-electron chi connectivity index (χ1n) is 5.38. The van der Waals surface area contributed by atoms with Crippen molar-refractivity contribution in [2.45, 2.75) is 5.16 Å². The van der Waals surface area contributed by atoms with Crippen LogP contribution in [-0.4, -0.2) is 31.7 Å². The van der Waals surface area contributed by atoms with Gasteiger partial charge in [-0.1, -0.05) is 23.4 Å². The molecule has 2 aromatic rings. The molecule has 0 spiro atoms. The van der Waals surface area contributed by atoms with Crippen LogP contribution < -0.4 is 10.9 Å². The second-order valence-corrected chi connectivity index (χ2v) is 4.91. The van der Waals surface area contributed by atoms with Crippen molar-refractivity contribution in [2.24, 2.45) is 0 Å². The standard InChI is InChI=1S/C11H9ClN4O3S/c12-10-6(2-1-3-13-10)14-9(19)5-20-11-15-7(17)4-8(18)16-11/h1-4H,5H2,(H,14,19)(H2,15,16,17,18). The van der Waals surface area contributed by atoms with Gasteiger partial charge in [0.15, 0.2) is 10.3 Å². The minimum Gasteiger partial charge on any atom is -0.493 e. The Morgan fingerprint density at radius 1 is 1.55 bits per heavy atom. The van der Waals surface area contributed by atoms with Gasteiger partial charge in [0.2, 0.25) is 11.8 Å². The van der Waals surface area contributed by atoms with Gasteiger partial charge in [-0.05, 0) is 12.1 Å². The molecule has 0 unspecified atom stereocenters. The van der Waals surface area contributed by atoms with Crippen LogP contribution in [0.15, 0.2) is 34.3 Å². The molecule has 0 fully saturated rings. The maximum atomic E-state index is 11.7. The van der Waals surface area contributed by atoms with Crippen LogP contribution in [0.3, 0.4) is 0 Å². The number of aromatic amines is 1. The molecule has 1 amide bonds. The lowest BCUT2D eigenvalue weighted by Crippen LogP contribution is -2.15. The first kappa shape index (κ1) is 14.4. The number of rotatable bonds is 4. The number of amides is 1. The molecule has 7 nitrogen and oxygen atoms in total. The minimum atomic E-state index is -0.490. The summed E-state index contributed by atoms with van der Waals surface area (Å²) in [7, 11) is 0. The van der Waals surface area contributed by atoms with E-state index in [1.54, 1.807) is 12.1 Å². The summed E-state index contributed by atoms with van der Waals surface area (Å²) in [6.45, 7) is 0.